The molecule has 12 nitrogen and oxygen atoms in total. The third-order valence-electron chi connectivity index (χ3n) is 3.09. The number of ether oxygens (including phenoxy) is 1. The molecular weight excluding hydrogens is 325 g/mol. The fraction of sp³-hybridized carbons (Fsp3) is 0.556. The Hall–Kier alpha value is -1.53. The summed E-state index contributed by atoms with van der Waals surface area (Å²) in [5.74, 6) is -2.45. The number of hydrogen-bond acceptors (Lipinski definition) is 7. The van der Waals surface area contributed by atoms with E-state index >= 15 is 0 Å². The summed E-state index contributed by atoms with van der Waals surface area (Å²) >= 11 is 0. The molecule has 1 aromatic rings. The zero-order valence-electron chi connectivity index (χ0n) is 10.8. The smallest absolute Gasteiger partial charge is 0.410 e. The number of hydrogen-bond donors (Lipinski definition) is 7. The molecule has 22 heavy (non-hydrogen) atoms. The minimum Gasteiger partial charge on any atom is -0.465 e. The standard InChI is InChI=1S/C9H14N3O9P/c13-4-5(14)7(21-6(4)8(15)22(18,19)20)12-2-10-1-3(12)11-9(16)17/h1-2,4-8,11,13-15H,(H,16,17)(H2,18,19,20)/t4-,5+,6-,7?,8?/m1/s1. The summed E-state index contributed by atoms with van der Waals surface area (Å²) in [6, 6.07) is 0. The van der Waals surface area contributed by atoms with E-state index in [4.69, 9.17) is 19.6 Å². The molecule has 1 amide bonds. The highest BCUT2D eigenvalue weighted by molar-refractivity contribution is 7.52. The molecule has 0 aliphatic carbocycles. The average molecular weight is 339 g/mol. The van der Waals surface area contributed by atoms with Gasteiger partial charge in [0.05, 0.1) is 12.5 Å². The lowest BCUT2D eigenvalue weighted by Crippen LogP contribution is -2.38. The Morgan fingerprint density at radius 2 is 2.05 bits per heavy atom. The van der Waals surface area contributed by atoms with Gasteiger partial charge in [-0.1, -0.05) is 0 Å². The lowest BCUT2D eigenvalue weighted by molar-refractivity contribution is -0.0669. The van der Waals surface area contributed by atoms with Crippen molar-refractivity contribution in [3.05, 3.63) is 12.5 Å². The zero-order valence-corrected chi connectivity index (χ0v) is 11.7. The van der Waals surface area contributed by atoms with Crippen molar-refractivity contribution >= 4 is 19.5 Å². The third-order valence-corrected chi connectivity index (χ3v) is 4.07. The maximum atomic E-state index is 11.0. The topological polar surface area (TPSA) is 195 Å². The number of aliphatic hydroxyl groups excluding tert-OH is 3. The Bertz CT molecular complexity index is 601. The van der Waals surface area contributed by atoms with Gasteiger partial charge in [-0.15, -0.1) is 0 Å². The first kappa shape index (κ1) is 16.8. The van der Waals surface area contributed by atoms with Crippen LogP contribution in [0.15, 0.2) is 12.5 Å². The van der Waals surface area contributed by atoms with Gasteiger partial charge in [0, 0.05) is 0 Å². The number of aliphatic hydroxyl groups is 3. The van der Waals surface area contributed by atoms with Crippen LogP contribution in [0, 0.1) is 0 Å². The van der Waals surface area contributed by atoms with Gasteiger partial charge in [-0.25, -0.2) is 9.78 Å². The highest BCUT2D eigenvalue weighted by Gasteiger charge is 2.51. The van der Waals surface area contributed by atoms with Crippen LogP contribution in [0.1, 0.15) is 6.23 Å². The van der Waals surface area contributed by atoms with Crippen molar-refractivity contribution in [2.24, 2.45) is 0 Å². The summed E-state index contributed by atoms with van der Waals surface area (Å²) in [5, 5.41) is 39.8. The molecule has 1 saturated heterocycles. The largest absolute Gasteiger partial charge is 0.465 e. The number of nitrogens with one attached hydrogen (secondary N) is 1. The molecule has 0 bridgehead atoms. The van der Waals surface area contributed by atoms with E-state index in [2.05, 4.69) is 4.98 Å². The van der Waals surface area contributed by atoms with Gasteiger partial charge < -0.3 is 34.9 Å². The van der Waals surface area contributed by atoms with Gasteiger partial charge in [0.25, 0.3) is 0 Å². The predicted octanol–water partition coefficient (Wildman–Crippen LogP) is -1.91. The number of rotatable bonds is 4. The molecule has 0 aromatic carbocycles. The second-order valence-corrected chi connectivity index (χ2v) is 6.30. The Kier molecular flexibility index (Phi) is 4.54. The normalized spacial score (nSPS) is 30.2. The van der Waals surface area contributed by atoms with E-state index < -0.39 is 44.1 Å². The summed E-state index contributed by atoms with van der Waals surface area (Å²) in [4.78, 5) is 32.1. The molecule has 0 saturated carbocycles. The van der Waals surface area contributed by atoms with Crippen LogP contribution in [0.5, 0.6) is 0 Å². The van der Waals surface area contributed by atoms with Crippen molar-refractivity contribution in [3.8, 4) is 0 Å². The van der Waals surface area contributed by atoms with Crippen LogP contribution in [0.3, 0.4) is 0 Å². The van der Waals surface area contributed by atoms with Crippen LogP contribution in [0.2, 0.25) is 0 Å². The zero-order chi connectivity index (χ0) is 16.7. The van der Waals surface area contributed by atoms with Crippen LogP contribution in [-0.4, -0.2) is 70.0 Å². The average Bonchev–Trinajstić information content (AvgIpc) is 2.94. The Morgan fingerprint density at radius 1 is 1.41 bits per heavy atom. The molecular formula is C9H14N3O9P. The maximum absolute atomic E-state index is 11.0. The van der Waals surface area contributed by atoms with Gasteiger partial charge >= 0.3 is 13.7 Å². The summed E-state index contributed by atoms with van der Waals surface area (Å²) in [5.41, 5.74) is 0. The molecule has 7 N–H and O–H groups in total. The van der Waals surface area contributed by atoms with Crippen molar-refractivity contribution in [1.82, 2.24) is 9.55 Å². The van der Waals surface area contributed by atoms with Gasteiger partial charge in [0.15, 0.2) is 12.1 Å². The number of imidazole rings is 1. The number of anilines is 1. The molecule has 0 spiro atoms. The number of aromatic nitrogens is 2. The third kappa shape index (κ3) is 3.13. The van der Waals surface area contributed by atoms with Crippen molar-refractivity contribution in [2.45, 2.75) is 30.4 Å². The van der Waals surface area contributed by atoms with Crippen LogP contribution in [0.4, 0.5) is 10.6 Å². The molecule has 5 atom stereocenters. The molecule has 1 aliphatic rings. The predicted molar refractivity (Wildman–Crippen MR) is 67.8 cm³/mol. The molecule has 0 radical (unpaired) electrons. The first-order valence-electron chi connectivity index (χ1n) is 5.89. The van der Waals surface area contributed by atoms with Gasteiger partial charge in [0.2, 0.25) is 0 Å². The summed E-state index contributed by atoms with van der Waals surface area (Å²) < 4.78 is 17.1. The molecule has 124 valence electrons. The first-order chi connectivity index (χ1) is 10.1. The minimum atomic E-state index is -4.98. The Labute approximate surface area is 122 Å². The van der Waals surface area contributed by atoms with Crippen LogP contribution >= 0.6 is 7.60 Å². The second-order valence-electron chi connectivity index (χ2n) is 4.59. The summed E-state index contributed by atoms with van der Waals surface area (Å²) in [6.07, 6.45) is -5.86. The molecule has 13 heteroatoms. The fourth-order valence-electron chi connectivity index (χ4n) is 2.07. The lowest BCUT2D eigenvalue weighted by Gasteiger charge is -2.21. The van der Waals surface area contributed by atoms with Crippen LogP contribution < -0.4 is 5.32 Å². The monoisotopic (exact) mass is 339 g/mol. The fourth-order valence-corrected chi connectivity index (χ4v) is 2.70. The van der Waals surface area contributed by atoms with Crippen molar-refractivity contribution in [2.75, 3.05) is 5.32 Å². The quantitative estimate of drug-likeness (QED) is 0.304. The SMILES string of the molecule is O=C(O)Nc1cncn1C1O[C@@H](C(O)P(=O)(O)O)[C@H](O)[C@@H]1O. The lowest BCUT2D eigenvalue weighted by atomic mass is 10.1. The molecule has 1 fully saturated rings. The van der Waals surface area contributed by atoms with Gasteiger partial charge in [-0.3, -0.25) is 14.4 Å². The molecule has 2 heterocycles. The number of nitrogens with zero attached hydrogens (tertiary/aromatic N) is 2. The van der Waals surface area contributed by atoms with Crippen LogP contribution in [-0.2, 0) is 9.30 Å². The van der Waals surface area contributed by atoms with Gasteiger partial charge in [0.1, 0.15) is 24.1 Å². The summed E-state index contributed by atoms with van der Waals surface area (Å²) in [7, 11) is -4.98. The van der Waals surface area contributed by atoms with Crippen molar-refractivity contribution in [1.29, 1.82) is 0 Å². The number of carboxylic acid groups (broad SMARTS) is 1. The highest BCUT2D eigenvalue weighted by atomic mass is 31.2. The first-order valence-corrected chi connectivity index (χ1v) is 7.57. The highest BCUT2D eigenvalue weighted by Crippen LogP contribution is 2.46. The minimum absolute atomic E-state index is 0.102. The van der Waals surface area contributed by atoms with E-state index in [1.807, 2.05) is 5.32 Å². The van der Waals surface area contributed by atoms with Gasteiger partial charge in [-0.2, -0.15) is 0 Å². The van der Waals surface area contributed by atoms with E-state index in [0.29, 0.717) is 0 Å². The number of amides is 1. The van der Waals surface area contributed by atoms with E-state index in [9.17, 15) is 24.7 Å². The van der Waals surface area contributed by atoms with E-state index in [0.717, 1.165) is 17.1 Å². The molecule has 1 aromatic heterocycles. The van der Waals surface area contributed by atoms with Gasteiger partial charge in [-0.05, 0) is 0 Å². The maximum Gasteiger partial charge on any atom is 0.410 e. The van der Waals surface area contributed by atoms with E-state index in [1.54, 1.807) is 0 Å². The second kappa shape index (κ2) is 5.93. The van der Waals surface area contributed by atoms with E-state index in [-0.39, 0.29) is 5.82 Å². The molecule has 1 aliphatic heterocycles. The van der Waals surface area contributed by atoms with Crippen molar-refractivity contribution < 1.29 is 44.3 Å². The number of carbonyl (C=O) groups is 1. The van der Waals surface area contributed by atoms with E-state index in [1.165, 1.54) is 0 Å². The Balaban J connectivity index is 2.26. The van der Waals surface area contributed by atoms with Crippen LogP contribution in [0.25, 0.3) is 0 Å². The molecule has 2 unspecified atom stereocenters. The molecule has 2 rings (SSSR count). The van der Waals surface area contributed by atoms with Crippen molar-refractivity contribution in [3.63, 3.8) is 0 Å². The Morgan fingerprint density at radius 3 is 2.59 bits per heavy atom. The summed E-state index contributed by atoms with van der Waals surface area (Å²) in [6.45, 7) is 0.